The van der Waals surface area contributed by atoms with Crippen LogP contribution in [-0.4, -0.2) is 9.97 Å². The van der Waals surface area contributed by atoms with Crippen LogP contribution in [0.3, 0.4) is 0 Å². The van der Waals surface area contributed by atoms with Crippen LogP contribution in [0.4, 0.5) is 0 Å². The molecule has 0 unspecified atom stereocenters. The van der Waals surface area contributed by atoms with Gasteiger partial charge in [0.05, 0.1) is 5.39 Å². The number of ether oxygens (including phenoxy) is 1. The van der Waals surface area contributed by atoms with Crippen molar-refractivity contribution in [2.45, 2.75) is 6.61 Å². The monoisotopic (exact) mass is 278 g/mol. The molecule has 21 heavy (non-hydrogen) atoms. The molecule has 0 fully saturated rings. The Kier molecular flexibility index (Phi) is 3.51. The molecule has 3 rings (SSSR count). The van der Waals surface area contributed by atoms with Crippen LogP contribution in [0.15, 0.2) is 59.9 Å². The number of hydrogen-bond acceptors (Lipinski definition) is 3. The molecule has 1 aromatic heterocycles. The van der Waals surface area contributed by atoms with Crippen LogP contribution in [0, 0.1) is 0 Å². The van der Waals surface area contributed by atoms with E-state index in [1.165, 1.54) is 6.08 Å². The second-order valence-electron chi connectivity index (χ2n) is 4.58. The zero-order chi connectivity index (χ0) is 14.7. The molecule has 104 valence electrons. The van der Waals surface area contributed by atoms with Gasteiger partial charge in [0, 0.05) is 0 Å². The third-order valence-corrected chi connectivity index (χ3v) is 3.15. The SMILES string of the molecule is C=Cc1nc2c(OCc3ccccc3)cccc2c(=O)[nH]1. The highest BCUT2D eigenvalue weighted by Crippen LogP contribution is 2.22. The van der Waals surface area contributed by atoms with E-state index in [0.29, 0.717) is 29.1 Å². The first-order valence-corrected chi connectivity index (χ1v) is 6.60. The molecule has 1 N–H and O–H groups in total. The molecular formula is C17H14N2O2. The van der Waals surface area contributed by atoms with Crippen molar-refractivity contribution in [2.75, 3.05) is 0 Å². The Morgan fingerprint density at radius 3 is 2.71 bits per heavy atom. The highest BCUT2D eigenvalue weighted by molar-refractivity contribution is 5.84. The van der Waals surface area contributed by atoms with Gasteiger partial charge in [-0.15, -0.1) is 0 Å². The van der Waals surface area contributed by atoms with Crippen LogP contribution < -0.4 is 10.3 Å². The molecule has 0 spiro atoms. The normalized spacial score (nSPS) is 10.5. The number of benzene rings is 2. The lowest BCUT2D eigenvalue weighted by Gasteiger charge is -2.09. The van der Waals surface area contributed by atoms with Crippen LogP contribution in [0.5, 0.6) is 5.75 Å². The fourth-order valence-corrected chi connectivity index (χ4v) is 2.10. The van der Waals surface area contributed by atoms with Gasteiger partial charge >= 0.3 is 0 Å². The fraction of sp³-hybridized carbons (Fsp3) is 0.0588. The number of fused-ring (bicyclic) bond motifs is 1. The smallest absolute Gasteiger partial charge is 0.259 e. The molecule has 4 nitrogen and oxygen atoms in total. The van der Waals surface area contributed by atoms with Crippen LogP contribution in [-0.2, 0) is 6.61 Å². The van der Waals surface area contributed by atoms with Crippen LogP contribution in [0.1, 0.15) is 11.4 Å². The molecule has 0 aliphatic rings. The second-order valence-corrected chi connectivity index (χ2v) is 4.58. The van der Waals surface area contributed by atoms with E-state index in [1.54, 1.807) is 12.1 Å². The maximum atomic E-state index is 12.0. The van der Waals surface area contributed by atoms with E-state index in [0.717, 1.165) is 5.56 Å². The van der Waals surface area contributed by atoms with Crippen molar-refractivity contribution >= 4 is 17.0 Å². The standard InChI is InChI=1S/C17H14N2O2/c1-2-15-18-16-13(17(20)19-15)9-6-10-14(16)21-11-12-7-4-3-5-8-12/h2-10H,1,11H2,(H,18,19,20). The summed E-state index contributed by atoms with van der Waals surface area (Å²) in [4.78, 5) is 19.0. The maximum absolute atomic E-state index is 12.0. The van der Waals surface area contributed by atoms with E-state index in [4.69, 9.17) is 4.74 Å². The largest absolute Gasteiger partial charge is 0.487 e. The van der Waals surface area contributed by atoms with Gasteiger partial charge in [0.1, 0.15) is 23.7 Å². The summed E-state index contributed by atoms with van der Waals surface area (Å²) in [5, 5.41) is 0.506. The Bertz CT molecular complexity index is 838. The first-order chi connectivity index (χ1) is 10.3. The molecule has 0 bridgehead atoms. The molecule has 2 aromatic carbocycles. The minimum atomic E-state index is -0.194. The topological polar surface area (TPSA) is 55.0 Å². The first-order valence-electron chi connectivity index (χ1n) is 6.60. The van der Waals surface area contributed by atoms with E-state index < -0.39 is 0 Å². The highest BCUT2D eigenvalue weighted by Gasteiger charge is 2.08. The van der Waals surface area contributed by atoms with Crippen molar-refractivity contribution in [2.24, 2.45) is 0 Å². The van der Waals surface area contributed by atoms with Crippen molar-refractivity contribution in [1.29, 1.82) is 0 Å². The van der Waals surface area contributed by atoms with Crippen LogP contribution in [0.2, 0.25) is 0 Å². The molecule has 3 aromatic rings. The summed E-state index contributed by atoms with van der Waals surface area (Å²) in [6.07, 6.45) is 1.51. The van der Waals surface area contributed by atoms with Gasteiger partial charge in [0.25, 0.3) is 5.56 Å². The summed E-state index contributed by atoms with van der Waals surface area (Å²) in [6, 6.07) is 15.2. The van der Waals surface area contributed by atoms with Gasteiger partial charge in [0.2, 0.25) is 0 Å². The molecule has 0 radical (unpaired) electrons. The predicted molar refractivity (Wildman–Crippen MR) is 83.2 cm³/mol. The van der Waals surface area contributed by atoms with E-state index in [2.05, 4.69) is 16.5 Å². The molecule has 0 saturated carbocycles. The number of nitrogens with one attached hydrogen (secondary N) is 1. The number of aromatic amines is 1. The number of H-pyrrole nitrogens is 1. The van der Waals surface area contributed by atoms with Gasteiger partial charge in [-0.2, -0.15) is 0 Å². The van der Waals surface area contributed by atoms with Crippen LogP contribution in [0.25, 0.3) is 17.0 Å². The number of aromatic nitrogens is 2. The highest BCUT2D eigenvalue weighted by atomic mass is 16.5. The van der Waals surface area contributed by atoms with Gasteiger partial charge < -0.3 is 9.72 Å². The molecule has 0 amide bonds. The Balaban J connectivity index is 2.00. The molecular weight excluding hydrogens is 264 g/mol. The second kappa shape index (κ2) is 5.63. The average Bonchev–Trinajstić information content (AvgIpc) is 2.54. The molecule has 0 aliphatic carbocycles. The summed E-state index contributed by atoms with van der Waals surface area (Å²) < 4.78 is 5.81. The maximum Gasteiger partial charge on any atom is 0.259 e. The first kappa shape index (κ1) is 13.1. The lowest BCUT2D eigenvalue weighted by atomic mass is 10.2. The third kappa shape index (κ3) is 2.69. The lowest BCUT2D eigenvalue weighted by Crippen LogP contribution is -2.10. The van der Waals surface area contributed by atoms with Crippen molar-refractivity contribution in [1.82, 2.24) is 9.97 Å². The van der Waals surface area contributed by atoms with E-state index in [-0.39, 0.29) is 5.56 Å². The predicted octanol–water partition coefficient (Wildman–Crippen LogP) is 3.15. The zero-order valence-corrected chi connectivity index (χ0v) is 11.4. The number of hydrogen-bond donors (Lipinski definition) is 1. The number of rotatable bonds is 4. The summed E-state index contributed by atoms with van der Waals surface area (Å²) in [5.41, 5.74) is 1.41. The molecule has 4 heteroatoms. The molecule has 0 saturated heterocycles. The minimum Gasteiger partial charge on any atom is -0.487 e. The van der Waals surface area contributed by atoms with Crippen molar-refractivity contribution in [3.63, 3.8) is 0 Å². The molecule has 1 heterocycles. The van der Waals surface area contributed by atoms with Crippen molar-refractivity contribution in [3.05, 3.63) is 76.9 Å². The van der Waals surface area contributed by atoms with Crippen molar-refractivity contribution < 1.29 is 4.74 Å². The van der Waals surface area contributed by atoms with E-state index in [9.17, 15) is 4.79 Å². The Labute approximate surface area is 121 Å². The number of nitrogens with zero attached hydrogens (tertiary/aromatic N) is 1. The van der Waals surface area contributed by atoms with Gasteiger partial charge in [-0.3, -0.25) is 4.79 Å². The quantitative estimate of drug-likeness (QED) is 0.797. The molecule has 0 aliphatic heterocycles. The average molecular weight is 278 g/mol. The fourth-order valence-electron chi connectivity index (χ4n) is 2.10. The number of para-hydroxylation sites is 1. The summed E-state index contributed by atoms with van der Waals surface area (Å²) >= 11 is 0. The third-order valence-electron chi connectivity index (χ3n) is 3.15. The summed E-state index contributed by atoms with van der Waals surface area (Å²) in [6.45, 7) is 4.06. The van der Waals surface area contributed by atoms with Crippen LogP contribution >= 0.6 is 0 Å². The Morgan fingerprint density at radius 2 is 1.95 bits per heavy atom. The Morgan fingerprint density at radius 1 is 1.14 bits per heavy atom. The van der Waals surface area contributed by atoms with Crippen molar-refractivity contribution in [3.8, 4) is 5.75 Å². The van der Waals surface area contributed by atoms with Gasteiger partial charge in [-0.25, -0.2) is 4.98 Å². The van der Waals surface area contributed by atoms with Gasteiger partial charge in [-0.05, 0) is 23.8 Å². The minimum absolute atomic E-state index is 0.194. The van der Waals surface area contributed by atoms with Gasteiger partial charge in [-0.1, -0.05) is 43.0 Å². The van der Waals surface area contributed by atoms with E-state index >= 15 is 0 Å². The van der Waals surface area contributed by atoms with Gasteiger partial charge in [0.15, 0.2) is 0 Å². The summed E-state index contributed by atoms with van der Waals surface area (Å²) in [5.74, 6) is 1.02. The van der Waals surface area contributed by atoms with E-state index in [1.807, 2.05) is 36.4 Å². The zero-order valence-electron chi connectivity index (χ0n) is 11.4. The Hall–Kier alpha value is -2.88. The lowest BCUT2D eigenvalue weighted by molar-refractivity contribution is 0.309. The molecule has 0 atom stereocenters. The summed E-state index contributed by atoms with van der Waals surface area (Å²) in [7, 11) is 0.